The topological polar surface area (TPSA) is 49.3 Å². The Morgan fingerprint density at radius 1 is 1.53 bits per heavy atom. The van der Waals surface area contributed by atoms with Crippen LogP contribution in [-0.4, -0.2) is 23.7 Å². The minimum Gasteiger partial charge on any atom is -0.396 e. The molecule has 0 bridgehead atoms. The Morgan fingerprint density at radius 3 is 2.80 bits per heavy atom. The van der Waals surface area contributed by atoms with Crippen molar-refractivity contribution < 1.29 is 9.90 Å². The van der Waals surface area contributed by atoms with Gasteiger partial charge in [-0.25, -0.2) is 0 Å². The lowest BCUT2D eigenvalue weighted by molar-refractivity contribution is 0.0933. The van der Waals surface area contributed by atoms with Crippen molar-refractivity contribution in [2.45, 2.75) is 19.4 Å². The van der Waals surface area contributed by atoms with Gasteiger partial charge in [-0.1, -0.05) is 12.1 Å². The number of nitrogens with one attached hydrogen (secondary N) is 1. The summed E-state index contributed by atoms with van der Waals surface area (Å²) in [7, 11) is 0. The van der Waals surface area contributed by atoms with Gasteiger partial charge in [0, 0.05) is 16.2 Å². The van der Waals surface area contributed by atoms with E-state index in [2.05, 4.69) is 27.9 Å². The van der Waals surface area contributed by atoms with Crippen molar-refractivity contribution in [3.63, 3.8) is 0 Å². The van der Waals surface area contributed by atoms with E-state index in [1.54, 1.807) is 6.07 Å². The number of carbonyl (C=O) groups excluding carboxylic acids is 1. The molecule has 1 amide bonds. The molecule has 3 nitrogen and oxygen atoms in total. The molecule has 82 valence electrons. The molecule has 0 aromatic heterocycles. The fourth-order valence-electron chi connectivity index (χ4n) is 1.21. The molecule has 2 N–H and O–H groups in total. The minimum atomic E-state index is -0.0825. The average molecular weight is 319 g/mol. The molecule has 1 aromatic carbocycles. The van der Waals surface area contributed by atoms with Crippen molar-refractivity contribution in [1.29, 1.82) is 0 Å². The Kier molecular flexibility index (Phi) is 5.04. The highest BCUT2D eigenvalue weighted by Gasteiger charge is 2.11. The predicted molar refractivity (Wildman–Crippen MR) is 67.8 cm³/mol. The van der Waals surface area contributed by atoms with Crippen LogP contribution in [0.25, 0.3) is 0 Å². The van der Waals surface area contributed by atoms with Crippen LogP contribution in [0.5, 0.6) is 0 Å². The lowest BCUT2D eigenvalue weighted by Crippen LogP contribution is -2.33. The van der Waals surface area contributed by atoms with Crippen LogP contribution in [0.15, 0.2) is 24.3 Å². The summed E-state index contributed by atoms with van der Waals surface area (Å²) in [5.74, 6) is -0.0825. The summed E-state index contributed by atoms with van der Waals surface area (Å²) in [5, 5.41) is 11.6. The largest absolute Gasteiger partial charge is 0.396 e. The van der Waals surface area contributed by atoms with E-state index in [9.17, 15) is 4.79 Å². The first-order valence-electron chi connectivity index (χ1n) is 4.81. The standard InChI is InChI=1S/C11H14INO2/c1-8(6-7-14)13-11(15)9-4-2-3-5-10(9)12/h2-5,8,14H,6-7H2,1H3,(H,13,15). The van der Waals surface area contributed by atoms with Crippen LogP contribution >= 0.6 is 22.6 Å². The molecule has 1 atom stereocenters. The first kappa shape index (κ1) is 12.4. The molecule has 0 spiro atoms. The van der Waals surface area contributed by atoms with Crippen molar-refractivity contribution in [1.82, 2.24) is 5.32 Å². The zero-order valence-corrected chi connectivity index (χ0v) is 10.7. The van der Waals surface area contributed by atoms with E-state index in [4.69, 9.17) is 5.11 Å². The summed E-state index contributed by atoms with van der Waals surface area (Å²) in [6.07, 6.45) is 0.579. The lowest BCUT2D eigenvalue weighted by Gasteiger charge is -2.12. The highest BCUT2D eigenvalue weighted by molar-refractivity contribution is 14.1. The zero-order chi connectivity index (χ0) is 11.3. The molecule has 0 saturated carbocycles. The van der Waals surface area contributed by atoms with Crippen LogP contribution in [0.2, 0.25) is 0 Å². The number of hydrogen-bond acceptors (Lipinski definition) is 2. The van der Waals surface area contributed by atoms with E-state index in [-0.39, 0.29) is 18.6 Å². The Hall–Kier alpha value is -0.620. The highest BCUT2D eigenvalue weighted by Crippen LogP contribution is 2.11. The predicted octanol–water partition coefficient (Wildman–Crippen LogP) is 1.79. The molecule has 0 aliphatic rings. The molecular formula is C11H14INO2. The molecule has 1 rings (SSSR count). The quantitative estimate of drug-likeness (QED) is 0.832. The van der Waals surface area contributed by atoms with Crippen molar-refractivity contribution in [2.75, 3.05) is 6.61 Å². The Labute approximate surface area is 103 Å². The van der Waals surface area contributed by atoms with Gasteiger partial charge in [-0.3, -0.25) is 4.79 Å². The zero-order valence-electron chi connectivity index (χ0n) is 8.53. The van der Waals surface area contributed by atoms with Crippen LogP contribution < -0.4 is 5.32 Å². The molecule has 0 aliphatic carbocycles. The molecular weight excluding hydrogens is 305 g/mol. The number of aliphatic hydroxyl groups is 1. The van der Waals surface area contributed by atoms with Gasteiger partial charge in [-0.05, 0) is 48.1 Å². The first-order valence-corrected chi connectivity index (χ1v) is 5.89. The van der Waals surface area contributed by atoms with E-state index >= 15 is 0 Å². The number of carbonyl (C=O) groups is 1. The van der Waals surface area contributed by atoms with Gasteiger partial charge in [0.2, 0.25) is 0 Å². The molecule has 0 radical (unpaired) electrons. The molecule has 1 unspecified atom stereocenters. The van der Waals surface area contributed by atoms with Crippen LogP contribution in [0, 0.1) is 3.57 Å². The normalized spacial score (nSPS) is 12.2. The molecule has 0 fully saturated rings. The van der Waals surface area contributed by atoms with Crippen LogP contribution in [-0.2, 0) is 0 Å². The van der Waals surface area contributed by atoms with E-state index in [0.29, 0.717) is 12.0 Å². The van der Waals surface area contributed by atoms with Gasteiger partial charge in [0.25, 0.3) is 5.91 Å². The number of rotatable bonds is 4. The number of benzene rings is 1. The second-order valence-electron chi connectivity index (χ2n) is 3.37. The number of halogens is 1. The van der Waals surface area contributed by atoms with Gasteiger partial charge < -0.3 is 10.4 Å². The first-order chi connectivity index (χ1) is 7.15. The second-order valence-corrected chi connectivity index (χ2v) is 4.53. The maximum atomic E-state index is 11.8. The Bertz CT molecular complexity index is 341. The highest BCUT2D eigenvalue weighted by atomic mass is 127. The maximum Gasteiger partial charge on any atom is 0.252 e. The Balaban J connectivity index is 2.65. The van der Waals surface area contributed by atoms with Gasteiger partial charge in [-0.15, -0.1) is 0 Å². The van der Waals surface area contributed by atoms with E-state index in [0.717, 1.165) is 3.57 Å². The van der Waals surface area contributed by atoms with Crippen molar-refractivity contribution >= 4 is 28.5 Å². The van der Waals surface area contributed by atoms with Crippen molar-refractivity contribution in [2.24, 2.45) is 0 Å². The summed E-state index contributed by atoms with van der Waals surface area (Å²) >= 11 is 2.13. The van der Waals surface area contributed by atoms with Gasteiger partial charge in [0.1, 0.15) is 0 Å². The van der Waals surface area contributed by atoms with Crippen LogP contribution in [0.3, 0.4) is 0 Å². The van der Waals surface area contributed by atoms with Gasteiger partial charge >= 0.3 is 0 Å². The summed E-state index contributed by atoms with van der Waals surface area (Å²) in [5.41, 5.74) is 0.683. The fourth-order valence-corrected chi connectivity index (χ4v) is 1.85. The summed E-state index contributed by atoms with van der Waals surface area (Å²) < 4.78 is 0.934. The third-order valence-corrected chi connectivity index (χ3v) is 3.00. The SMILES string of the molecule is CC(CCO)NC(=O)c1ccccc1I. The van der Waals surface area contributed by atoms with E-state index in [1.165, 1.54) is 0 Å². The Morgan fingerprint density at radius 2 is 2.20 bits per heavy atom. The number of hydrogen-bond donors (Lipinski definition) is 2. The lowest BCUT2D eigenvalue weighted by atomic mass is 10.2. The van der Waals surface area contributed by atoms with Gasteiger partial charge in [0.05, 0.1) is 5.56 Å². The molecule has 4 heteroatoms. The van der Waals surface area contributed by atoms with Crippen LogP contribution in [0.4, 0.5) is 0 Å². The fraction of sp³-hybridized carbons (Fsp3) is 0.364. The van der Waals surface area contributed by atoms with E-state index in [1.807, 2.05) is 25.1 Å². The van der Waals surface area contributed by atoms with E-state index < -0.39 is 0 Å². The molecule has 15 heavy (non-hydrogen) atoms. The van der Waals surface area contributed by atoms with Gasteiger partial charge in [-0.2, -0.15) is 0 Å². The van der Waals surface area contributed by atoms with Crippen molar-refractivity contribution in [3.8, 4) is 0 Å². The maximum absolute atomic E-state index is 11.8. The number of aliphatic hydroxyl groups excluding tert-OH is 1. The summed E-state index contributed by atoms with van der Waals surface area (Å²) in [4.78, 5) is 11.8. The smallest absolute Gasteiger partial charge is 0.252 e. The second kappa shape index (κ2) is 6.07. The van der Waals surface area contributed by atoms with Crippen molar-refractivity contribution in [3.05, 3.63) is 33.4 Å². The molecule has 0 heterocycles. The monoisotopic (exact) mass is 319 g/mol. The third-order valence-electron chi connectivity index (χ3n) is 2.06. The average Bonchev–Trinajstić information content (AvgIpc) is 2.18. The molecule has 0 aliphatic heterocycles. The summed E-state index contributed by atoms with van der Waals surface area (Å²) in [6, 6.07) is 7.43. The third kappa shape index (κ3) is 3.79. The van der Waals surface area contributed by atoms with Crippen LogP contribution in [0.1, 0.15) is 23.7 Å². The van der Waals surface area contributed by atoms with Gasteiger partial charge in [0.15, 0.2) is 0 Å². The minimum absolute atomic E-state index is 0.00138. The number of amides is 1. The summed E-state index contributed by atoms with van der Waals surface area (Å²) in [6.45, 7) is 1.97. The molecule has 1 aromatic rings. The molecule has 0 saturated heterocycles.